The summed E-state index contributed by atoms with van der Waals surface area (Å²) >= 11 is 3.39. The smallest absolute Gasteiger partial charge is 0.416 e. The van der Waals surface area contributed by atoms with Crippen LogP contribution in [-0.4, -0.2) is 31.5 Å². The Morgan fingerprint density at radius 2 is 1.82 bits per heavy atom. The molecule has 0 N–H and O–H groups in total. The highest BCUT2D eigenvalue weighted by Crippen LogP contribution is 2.33. The third-order valence-electron chi connectivity index (χ3n) is 5.83. The summed E-state index contributed by atoms with van der Waals surface area (Å²) in [4.78, 5) is 38.6. The maximum absolute atomic E-state index is 13.8. The average Bonchev–Trinajstić information content (AvgIpc) is 3.26. The molecule has 4 aromatic rings. The number of carbonyl (C=O) groups is 1. The van der Waals surface area contributed by atoms with E-state index in [9.17, 15) is 27.6 Å². The maximum atomic E-state index is 13.8. The number of alkyl halides is 3. The number of esters is 1. The van der Waals surface area contributed by atoms with Crippen molar-refractivity contribution in [3.05, 3.63) is 96.9 Å². The Morgan fingerprint density at radius 3 is 2.44 bits per heavy atom. The lowest BCUT2D eigenvalue weighted by Crippen LogP contribution is -2.42. The summed E-state index contributed by atoms with van der Waals surface area (Å²) in [5.74, 6) is -0.629. The van der Waals surface area contributed by atoms with Gasteiger partial charge in [-0.1, -0.05) is 6.07 Å². The van der Waals surface area contributed by atoms with Gasteiger partial charge in [0.05, 0.1) is 57.0 Å². The number of carbonyl (C=O) groups excluding carboxylic acids is 1. The minimum absolute atomic E-state index is 0.0245. The van der Waals surface area contributed by atoms with E-state index in [1.54, 1.807) is 24.3 Å². The van der Waals surface area contributed by atoms with Gasteiger partial charge in [0.1, 0.15) is 6.61 Å². The number of halogens is 4. The number of aromatic nitrogens is 4. The highest BCUT2D eigenvalue weighted by atomic mass is 79.9. The quantitative estimate of drug-likeness (QED) is 0.303. The van der Waals surface area contributed by atoms with Gasteiger partial charge in [0.15, 0.2) is 0 Å². The van der Waals surface area contributed by atoms with E-state index < -0.39 is 29.0 Å². The largest absolute Gasteiger partial charge is 0.464 e. The van der Waals surface area contributed by atoms with Gasteiger partial charge in [-0.25, -0.2) is 9.48 Å². The molecule has 2 aromatic carbocycles. The second-order valence-electron chi connectivity index (χ2n) is 8.33. The van der Waals surface area contributed by atoms with Crippen molar-refractivity contribution in [2.24, 2.45) is 0 Å². The Hall–Kier alpha value is -4.44. The summed E-state index contributed by atoms with van der Waals surface area (Å²) < 4.78 is 49.0. The van der Waals surface area contributed by atoms with Crippen molar-refractivity contribution in [3.8, 4) is 28.7 Å². The number of nitrogens with zero attached hydrogens (tertiary/aromatic N) is 5. The highest BCUT2D eigenvalue weighted by Gasteiger charge is 2.31. The van der Waals surface area contributed by atoms with Crippen LogP contribution >= 0.6 is 15.9 Å². The predicted molar refractivity (Wildman–Crippen MR) is 138 cm³/mol. The first-order valence-electron chi connectivity index (χ1n) is 11.4. The summed E-state index contributed by atoms with van der Waals surface area (Å²) in [7, 11) is 0. The summed E-state index contributed by atoms with van der Waals surface area (Å²) in [6.07, 6.45) is -3.24. The lowest BCUT2D eigenvalue weighted by molar-refractivity contribution is -0.141. The third kappa shape index (κ3) is 5.42. The lowest BCUT2D eigenvalue weighted by Gasteiger charge is -2.19. The first-order chi connectivity index (χ1) is 18.4. The first-order valence-corrected chi connectivity index (χ1v) is 12.1. The second kappa shape index (κ2) is 10.7. The van der Waals surface area contributed by atoms with Crippen LogP contribution in [0, 0.1) is 18.3 Å². The van der Waals surface area contributed by atoms with Crippen LogP contribution in [0.25, 0.3) is 22.6 Å². The topological polar surface area (TPSA) is 112 Å². The summed E-state index contributed by atoms with van der Waals surface area (Å²) in [5.41, 5.74) is -1.62. The molecule has 0 saturated carbocycles. The molecule has 0 atom stereocenters. The normalized spacial score (nSPS) is 11.3. The van der Waals surface area contributed by atoms with Crippen molar-refractivity contribution < 1.29 is 22.7 Å². The number of benzene rings is 2. The average molecular weight is 602 g/mol. The van der Waals surface area contributed by atoms with Gasteiger partial charge in [0.2, 0.25) is 0 Å². The lowest BCUT2D eigenvalue weighted by atomic mass is 10.1. The molecule has 200 valence electrons. The van der Waals surface area contributed by atoms with Crippen molar-refractivity contribution in [1.29, 1.82) is 5.26 Å². The molecule has 0 aliphatic carbocycles. The maximum Gasteiger partial charge on any atom is 0.416 e. The molecule has 0 bridgehead atoms. The van der Waals surface area contributed by atoms with Gasteiger partial charge in [0.25, 0.3) is 5.56 Å². The molecular formula is C26H19BrF3N5O4. The number of hydrogen-bond acceptors (Lipinski definition) is 6. The van der Waals surface area contributed by atoms with Gasteiger partial charge in [-0.05, 0) is 65.3 Å². The molecule has 0 radical (unpaired) electrons. The first kappa shape index (κ1) is 27.6. The van der Waals surface area contributed by atoms with Gasteiger partial charge >= 0.3 is 17.8 Å². The van der Waals surface area contributed by atoms with E-state index in [1.165, 1.54) is 23.9 Å². The summed E-state index contributed by atoms with van der Waals surface area (Å²) in [6, 6.07) is 12.5. The molecule has 0 amide bonds. The van der Waals surface area contributed by atoms with E-state index in [0.29, 0.717) is 15.7 Å². The third-order valence-corrected chi connectivity index (χ3v) is 6.41. The van der Waals surface area contributed by atoms with E-state index in [1.807, 2.05) is 6.07 Å². The number of nitriles is 1. The Bertz CT molecular complexity index is 1730. The molecule has 39 heavy (non-hydrogen) atoms. The molecule has 0 fully saturated rings. The van der Waals surface area contributed by atoms with Crippen molar-refractivity contribution in [1.82, 2.24) is 18.9 Å². The van der Waals surface area contributed by atoms with Crippen molar-refractivity contribution in [2.75, 3.05) is 6.61 Å². The minimum atomic E-state index is -4.67. The van der Waals surface area contributed by atoms with Crippen molar-refractivity contribution in [3.63, 3.8) is 0 Å². The van der Waals surface area contributed by atoms with Crippen molar-refractivity contribution >= 4 is 21.9 Å². The molecule has 4 rings (SSSR count). The molecular weight excluding hydrogens is 583 g/mol. The molecule has 0 unspecified atom stereocenters. The Kier molecular flexibility index (Phi) is 7.60. The van der Waals surface area contributed by atoms with Crippen LogP contribution in [0.15, 0.2) is 68.8 Å². The zero-order chi connectivity index (χ0) is 28.5. The fourth-order valence-corrected chi connectivity index (χ4v) is 4.51. The predicted octanol–water partition coefficient (Wildman–Crippen LogP) is 4.38. The number of rotatable bonds is 6. The molecule has 0 spiro atoms. The molecule has 0 saturated heterocycles. The van der Waals surface area contributed by atoms with Gasteiger partial charge in [-0.3, -0.25) is 18.7 Å². The fourth-order valence-electron chi connectivity index (χ4n) is 4.06. The van der Waals surface area contributed by atoms with E-state index >= 15 is 0 Å². The Morgan fingerprint density at radius 1 is 1.13 bits per heavy atom. The van der Waals surface area contributed by atoms with Gasteiger partial charge < -0.3 is 4.74 Å². The molecule has 9 nitrogen and oxygen atoms in total. The van der Waals surface area contributed by atoms with Crippen LogP contribution in [0.3, 0.4) is 0 Å². The van der Waals surface area contributed by atoms with Crippen LogP contribution in [0.2, 0.25) is 0 Å². The van der Waals surface area contributed by atoms with Crippen LogP contribution < -0.4 is 11.2 Å². The van der Waals surface area contributed by atoms with Gasteiger partial charge in [0, 0.05) is 12.6 Å². The van der Waals surface area contributed by atoms with Crippen LogP contribution in [0.5, 0.6) is 0 Å². The highest BCUT2D eigenvalue weighted by molar-refractivity contribution is 9.10. The van der Waals surface area contributed by atoms with Crippen LogP contribution in [-0.2, 0) is 22.3 Å². The zero-order valence-electron chi connectivity index (χ0n) is 20.5. The summed E-state index contributed by atoms with van der Waals surface area (Å²) in [6.45, 7) is 1.95. The van der Waals surface area contributed by atoms with Gasteiger partial charge in [-0.15, -0.1) is 0 Å². The van der Waals surface area contributed by atoms with Crippen molar-refractivity contribution in [2.45, 2.75) is 26.6 Å². The SMILES string of the molecule is CC(=O)OCCn1c(=O)c(-c2c(Br)cnn2-c2ccc(C#N)cc2)c(C)n(-c2cccc(C(F)(F)F)c2)c1=O. The number of hydrogen-bond donors (Lipinski definition) is 0. The zero-order valence-corrected chi connectivity index (χ0v) is 22.1. The minimum Gasteiger partial charge on any atom is -0.464 e. The van der Waals surface area contributed by atoms with Crippen LogP contribution in [0.4, 0.5) is 13.2 Å². The molecule has 0 aliphatic heterocycles. The summed E-state index contributed by atoms with van der Waals surface area (Å²) in [5, 5.41) is 13.4. The van der Waals surface area contributed by atoms with Gasteiger partial charge in [-0.2, -0.15) is 23.5 Å². The molecule has 0 aliphatic rings. The second-order valence-corrected chi connectivity index (χ2v) is 9.19. The Labute approximate surface area is 227 Å². The standard InChI is InChI=1S/C26H19BrF3N5O4/c1-15-22(23-21(27)14-32-35(23)19-8-6-17(13-31)7-9-19)24(37)33(10-11-39-16(2)36)25(38)34(15)20-5-3-4-18(12-20)26(28,29)30/h3-9,12,14H,10-11H2,1-2H3. The fraction of sp³-hybridized carbons (Fsp3) is 0.192. The van der Waals surface area contributed by atoms with E-state index in [2.05, 4.69) is 21.0 Å². The monoisotopic (exact) mass is 601 g/mol. The molecule has 2 aromatic heterocycles. The van der Waals surface area contributed by atoms with E-state index in [0.717, 1.165) is 34.3 Å². The molecule has 2 heterocycles. The van der Waals surface area contributed by atoms with E-state index in [4.69, 9.17) is 10.00 Å². The van der Waals surface area contributed by atoms with E-state index in [-0.39, 0.29) is 35.8 Å². The number of ether oxygens (including phenoxy) is 1. The van der Waals surface area contributed by atoms with Crippen LogP contribution in [0.1, 0.15) is 23.7 Å². The Balaban J connectivity index is 2.03. The molecule has 13 heteroatoms.